The minimum atomic E-state index is -0.954. The lowest BCUT2D eigenvalue weighted by Crippen LogP contribution is -2.47. The molecule has 1 heterocycles. The zero-order valence-corrected chi connectivity index (χ0v) is 14.6. The molecule has 0 saturated carbocycles. The number of carbonyl (C=O) groups excluding carboxylic acids is 2. The van der Waals surface area contributed by atoms with E-state index >= 15 is 0 Å². The van der Waals surface area contributed by atoms with Gasteiger partial charge >= 0.3 is 16.0 Å². The van der Waals surface area contributed by atoms with Crippen LogP contribution >= 0.6 is 27.3 Å². The van der Waals surface area contributed by atoms with Crippen LogP contribution in [0.4, 0.5) is 4.79 Å². The van der Waals surface area contributed by atoms with Crippen molar-refractivity contribution in [2.45, 2.75) is 38.8 Å². The number of carbonyl (C=O) groups is 2. The number of halogens is 1. The van der Waals surface area contributed by atoms with Gasteiger partial charge in [0.1, 0.15) is 11.6 Å². The number of ether oxygens (including phenoxy) is 2. The van der Waals surface area contributed by atoms with Crippen LogP contribution in [0.3, 0.4) is 0 Å². The smallest absolute Gasteiger partial charge is 0.408 e. The number of nitrogens with one attached hydrogen (secondary N) is 1. The van der Waals surface area contributed by atoms with Gasteiger partial charge in [0.05, 0.1) is 18.9 Å². The number of amides is 1. The summed E-state index contributed by atoms with van der Waals surface area (Å²) in [7, 11) is 1.22. The van der Waals surface area contributed by atoms with Crippen LogP contribution in [-0.2, 0) is 20.7 Å². The lowest BCUT2D eigenvalue weighted by molar-refractivity contribution is -0.914. The van der Waals surface area contributed by atoms with Crippen molar-refractivity contribution < 1.29 is 29.0 Å². The quantitative estimate of drug-likeness (QED) is 0.470. The lowest BCUT2D eigenvalue weighted by atomic mass is 10.1. The Morgan fingerprint density at radius 1 is 1.52 bits per heavy atom. The predicted octanol–water partition coefficient (Wildman–Crippen LogP) is 1.64. The summed E-state index contributed by atoms with van der Waals surface area (Å²) in [6.45, 7) is 5.16. The van der Waals surface area contributed by atoms with Gasteiger partial charge in [0, 0.05) is 20.7 Å². The molecule has 21 heavy (non-hydrogen) atoms. The fourth-order valence-corrected chi connectivity index (χ4v) is 2.61. The van der Waals surface area contributed by atoms with Gasteiger partial charge in [-0.25, -0.2) is 9.59 Å². The summed E-state index contributed by atoms with van der Waals surface area (Å²) < 4.78 is 11.1. The van der Waals surface area contributed by atoms with E-state index in [1.54, 1.807) is 26.2 Å². The maximum absolute atomic E-state index is 11.8. The number of methoxy groups -OCH3 is 1. The van der Waals surface area contributed by atoms with Crippen molar-refractivity contribution in [1.82, 2.24) is 5.32 Å². The average molecular weight is 382 g/mol. The summed E-state index contributed by atoms with van der Waals surface area (Å²) in [5.74, 6) is -0.622. The van der Waals surface area contributed by atoms with Crippen LogP contribution in [0.2, 0.25) is 0 Å². The van der Waals surface area contributed by atoms with Gasteiger partial charge in [-0.05, 0) is 20.8 Å². The van der Waals surface area contributed by atoms with Crippen LogP contribution < -0.4 is 10.0 Å². The number of alkyl carbamates (subject to hydrolysis) is 1. The second-order valence-corrected chi connectivity index (χ2v) is 7.35. The van der Waals surface area contributed by atoms with Crippen LogP contribution in [0.1, 0.15) is 26.5 Å². The summed E-state index contributed by atoms with van der Waals surface area (Å²) in [6, 6.07) is -0.954. The normalized spacial score (nSPS) is 12.6. The molecular formula is C12H18BrN2O5S+. The fraction of sp³-hybridized carbons (Fsp3) is 0.583. The molecule has 0 unspecified atom stereocenters. The number of aromatic nitrogens is 1. The highest BCUT2D eigenvalue weighted by atomic mass is 79.9. The number of hydrogen-bond donors (Lipinski definition) is 2. The van der Waals surface area contributed by atoms with E-state index < -0.39 is 23.7 Å². The second-order valence-electron chi connectivity index (χ2n) is 5.22. The highest BCUT2D eigenvalue weighted by molar-refractivity contribution is 9.11. The molecule has 0 aliphatic rings. The largest absolute Gasteiger partial charge is 0.467 e. The van der Waals surface area contributed by atoms with Gasteiger partial charge in [-0.3, -0.25) is 5.21 Å². The van der Waals surface area contributed by atoms with Crippen molar-refractivity contribution in [3.63, 3.8) is 0 Å². The van der Waals surface area contributed by atoms with Gasteiger partial charge < -0.3 is 14.8 Å². The number of rotatable bonds is 4. The van der Waals surface area contributed by atoms with Crippen molar-refractivity contribution in [3.05, 3.63) is 15.0 Å². The Bertz CT molecular complexity index is 526. The molecule has 1 aromatic rings. The molecule has 0 aromatic carbocycles. The minimum absolute atomic E-state index is 0.0739. The molecule has 0 aliphatic carbocycles. The molecule has 7 nitrogen and oxygen atoms in total. The van der Waals surface area contributed by atoms with Crippen LogP contribution in [0, 0.1) is 0 Å². The van der Waals surface area contributed by atoms with Gasteiger partial charge in [-0.2, -0.15) is 0 Å². The first-order chi connectivity index (χ1) is 9.64. The van der Waals surface area contributed by atoms with Crippen LogP contribution in [-0.4, -0.2) is 36.0 Å². The van der Waals surface area contributed by atoms with Crippen LogP contribution in [0.5, 0.6) is 0 Å². The zero-order valence-electron chi connectivity index (χ0n) is 12.2. The maximum atomic E-state index is 11.8. The van der Waals surface area contributed by atoms with Gasteiger partial charge in [0.15, 0.2) is 0 Å². The number of nitrogens with zero attached hydrogens (tertiary/aromatic N) is 1. The van der Waals surface area contributed by atoms with E-state index in [9.17, 15) is 14.8 Å². The zero-order chi connectivity index (χ0) is 16.2. The first-order valence-electron chi connectivity index (χ1n) is 6.08. The molecule has 0 bridgehead atoms. The van der Waals surface area contributed by atoms with Gasteiger partial charge in [0.25, 0.3) is 0 Å². The summed E-state index contributed by atoms with van der Waals surface area (Å²) >= 11 is 4.41. The lowest BCUT2D eigenvalue weighted by Gasteiger charge is -2.21. The summed E-state index contributed by atoms with van der Waals surface area (Å²) in [5, 5.41) is 13.8. The average Bonchev–Trinajstić information content (AvgIpc) is 2.66. The highest BCUT2D eigenvalue weighted by Crippen LogP contribution is 2.15. The number of hydrogen-bond acceptors (Lipinski definition) is 6. The van der Waals surface area contributed by atoms with Gasteiger partial charge in [-0.1, -0.05) is 11.3 Å². The molecule has 118 valence electrons. The topological polar surface area (TPSA) is 88.7 Å². The molecule has 9 heteroatoms. The van der Waals surface area contributed by atoms with Crippen molar-refractivity contribution in [1.29, 1.82) is 0 Å². The van der Waals surface area contributed by atoms with E-state index in [2.05, 4.69) is 26.0 Å². The van der Waals surface area contributed by atoms with Crippen LogP contribution in [0.15, 0.2) is 9.30 Å². The van der Waals surface area contributed by atoms with E-state index in [4.69, 9.17) is 4.74 Å². The Labute approximate surface area is 135 Å². The third-order valence-electron chi connectivity index (χ3n) is 2.32. The Kier molecular flexibility index (Phi) is 5.97. The van der Waals surface area contributed by atoms with Gasteiger partial charge in [-0.15, -0.1) is 0 Å². The van der Waals surface area contributed by atoms with E-state index in [1.807, 2.05) is 0 Å². The first kappa shape index (κ1) is 17.7. The number of esters is 1. The van der Waals surface area contributed by atoms with Crippen molar-refractivity contribution in [2.75, 3.05) is 7.11 Å². The van der Waals surface area contributed by atoms with E-state index in [0.29, 0.717) is 9.61 Å². The summed E-state index contributed by atoms with van der Waals surface area (Å²) in [4.78, 5) is 23.5. The molecule has 2 N–H and O–H groups in total. The van der Waals surface area contributed by atoms with E-state index in [0.717, 1.165) is 4.73 Å². The van der Waals surface area contributed by atoms with Gasteiger partial charge in [0.2, 0.25) is 5.69 Å². The van der Waals surface area contributed by atoms with Crippen LogP contribution in [0.25, 0.3) is 0 Å². The molecule has 1 atom stereocenters. The van der Waals surface area contributed by atoms with Crippen molar-refractivity contribution in [3.8, 4) is 0 Å². The highest BCUT2D eigenvalue weighted by Gasteiger charge is 2.30. The Morgan fingerprint density at radius 3 is 2.57 bits per heavy atom. The third kappa shape index (κ3) is 5.50. The Morgan fingerprint density at radius 2 is 2.14 bits per heavy atom. The number of thiazole rings is 1. The van der Waals surface area contributed by atoms with E-state index in [1.165, 1.54) is 18.4 Å². The fourth-order valence-electron chi connectivity index (χ4n) is 1.46. The standard InChI is InChI=1S/C12H17BrN2O5S/c1-12(2,3)20-11(17)14-8(9(16)19-4)5-7-6-21-10(13)15(7)18/h6,8H,5H2,1-4H3,(H-,14,17,18)/p+1/t8-/m0/s1. The SMILES string of the molecule is COC(=O)[C@H](Cc1csc(Br)[n+]1O)NC(=O)OC(C)(C)C. The molecule has 0 aliphatic heterocycles. The molecule has 1 amide bonds. The third-order valence-corrected chi connectivity index (χ3v) is 3.97. The molecule has 1 aromatic heterocycles. The monoisotopic (exact) mass is 381 g/mol. The van der Waals surface area contributed by atoms with Crippen molar-refractivity contribution >= 4 is 39.3 Å². The molecular weight excluding hydrogens is 364 g/mol. The first-order valence-corrected chi connectivity index (χ1v) is 7.76. The van der Waals surface area contributed by atoms with E-state index in [-0.39, 0.29) is 6.42 Å². The minimum Gasteiger partial charge on any atom is -0.467 e. The molecule has 0 spiro atoms. The molecule has 1 rings (SSSR count). The predicted molar refractivity (Wildman–Crippen MR) is 78.3 cm³/mol. The molecule has 0 fully saturated rings. The summed E-state index contributed by atoms with van der Waals surface area (Å²) in [6.07, 6.45) is -0.651. The van der Waals surface area contributed by atoms with Crippen molar-refractivity contribution in [2.24, 2.45) is 0 Å². The molecule has 0 saturated heterocycles. The maximum Gasteiger partial charge on any atom is 0.408 e. The Balaban J connectivity index is 2.80. The summed E-state index contributed by atoms with van der Waals surface area (Å²) in [5.41, 5.74) is -0.217. The molecule has 0 radical (unpaired) electrons. The second kappa shape index (κ2) is 7.08. The Hall–Kier alpha value is -1.35.